The van der Waals surface area contributed by atoms with E-state index in [0.717, 1.165) is 18.7 Å². The minimum absolute atomic E-state index is 0.531. The molecule has 0 unspecified atom stereocenters. The Kier molecular flexibility index (Phi) is 3.57. The smallest absolute Gasteiger partial charge is 0.111 e. The fourth-order valence-corrected chi connectivity index (χ4v) is 1.73. The van der Waals surface area contributed by atoms with E-state index in [0.29, 0.717) is 6.04 Å². The lowest BCUT2D eigenvalue weighted by molar-refractivity contribution is 0.895. The average molecular weight is 217 g/mol. The molecule has 3 heteroatoms. The van der Waals surface area contributed by atoms with Crippen molar-refractivity contribution in [1.82, 2.24) is 5.43 Å². The van der Waals surface area contributed by atoms with Crippen molar-refractivity contribution in [3.8, 4) is 0 Å². The van der Waals surface area contributed by atoms with Crippen LogP contribution in [-0.2, 0) is 6.42 Å². The van der Waals surface area contributed by atoms with E-state index in [1.165, 1.54) is 24.0 Å². The van der Waals surface area contributed by atoms with Crippen LogP contribution in [0.15, 0.2) is 29.3 Å². The molecule has 0 bridgehead atoms. The van der Waals surface area contributed by atoms with Crippen LogP contribution in [-0.4, -0.2) is 11.9 Å². The summed E-state index contributed by atoms with van der Waals surface area (Å²) in [4.78, 5) is 4.52. The lowest BCUT2D eigenvalue weighted by Crippen LogP contribution is -2.31. The first-order chi connectivity index (χ1) is 7.78. The minimum Gasteiger partial charge on any atom is -0.312 e. The molecule has 3 N–H and O–H groups in total. The molecule has 1 aromatic rings. The Hall–Kier alpha value is -1.35. The summed E-state index contributed by atoms with van der Waals surface area (Å²) in [5.41, 5.74) is 5.36. The van der Waals surface area contributed by atoms with Crippen molar-refractivity contribution in [2.75, 3.05) is 0 Å². The van der Waals surface area contributed by atoms with Crippen molar-refractivity contribution < 1.29 is 0 Å². The SMILES string of the molecule is Cc1cccc(CCC(=NC2CC2)NN)c1. The molecular weight excluding hydrogens is 198 g/mol. The molecule has 1 fully saturated rings. The highest BCUT2D eigenvalue weighted by Crippen LogP contribution is 2.23. The minimum atomic E-state index is 0.531. The predicted octanol–water partition coefficient (Wildman–Crippen LogP) is 1.95. The maximum Gasteiger partial charge on any atom is 0.111 e. The van der Waals surface area contributed by atoms with Gasteiger partial charge in [0.15, 0.2) is 0 Å². The van der Waals surface area contributed by atoms with E-state index in [9.17, 15) is 0 Å². The lowest BCUT2D eigenvalue weighted by atomic mass is 10.1. The topological polar surface area (TPSA) is 50.4 Å². The third-order valence-electron chi connectivity index (χ3n) is 2.78. The average Bonchev–Trinajstić information content (AvgIpc) is 3.08. The van der Waals surface area contributed by atoms with Crippen LogP contribution in [0.3, 0.4) is 0 Å². The van der Waals surface area contributed by atoms with Crippen LogP contribution in [0.4, 0.5) is 0 Å². The summed E-state index contributed by atoms with van der Waals surface area (Å²) in [5.74, 6) is 6.40. The van der Waals surface area contributed by atoms with E-state index >= 15 is 0 Å². The fourth-order valence-electron chi connectivity index (χ4n) is 1.73. The van der Waals surface area contributed by atoms with E-state index in [1.807, 2.05) is 0 Å². The van der Waals surface area contributed by atoms with Gasteiger partial charge in [-0.15, -0.1) is 0 Å². The quantitative estimate of drug-likeness (QED) is 0.350. The summed E-state index contributed by atoms with van der Waals surface area (Å²) in [5, 5.41) is 0. The lowest BCUT2D eigenvalue weighted by Gasteiger charge is -2.06. The van der Waals surface area contributed by atoms with Crippen LogP contribution >= 0.6 is 0 Å². The number of rotatable bonds is 4. The third kappa shape index (κ3) is 3.35. The second-order valence-electron chi connectivity index (χ2n) is 4.44. The van der Waals surface area contributed by atoms with Gasteiger partial charge in [-0.25, -0.2) is 5.84 Å². The molecule has 0 aliphatic heterocycles. The Balaban J connectivity index is 1.90. The largest absolute Gasteiger partial charge is 0.312 e. The Morgan fingerprint density at radius 2 is 2.31 bits per heavy atom. The number of nitrogens with zero attached hydrogens (tertiary/aromatic N) is 1. The Morgan fingerprint density at radius 3 is 2.94 bits per heavy atom. The monoisotopic (exact) mass is 217 g/mol. The fraction of sp³-hybridized carbons (Fsp3) is 0.462. The predicted molar refractivity (Wildman–Crippen MR) is 67.3 cm³/mol. The number of nitrogens with two attached hydrogens (primary N) is 1. The molecule has 1 aliphatic carbocycles. The number of hydrazine groups is 1. The molecular formula is C13H19N3. The van der Waals surface area contributed by atoms with Gasteiger partial charge in [0.05, 0.1) is 6.04 Å². The first-order valence-electron chi connectivity index (χ1n) is 5.87. The molecule has 86 valence electrons. The van der Waals surface area contributed by atoms with E-state index < -0.39 is 0 Å². The molecule has 0 radical (unpaired) electrons. The van der Waals surface area contributed by atoms with Crippen LogP contribution in [0.5, 0.6) is 0 Å². The van der Waals surface area contributed by atoms with Crippen molar-refractivity contribution in [2.45, 2.75) is 38.6 Å². The van der Waals surface area contributed by atoms with Gasteiger partial charge in [-0.05, 0) is 31.7 Å². The zero-order chi connectivity index (χ0) is 11.4. The van der Waals surface area contributed by atoms with Crippen molar-refractivity contribution in [3.63, 3.8) is 0 Å². The maximum atomic E-state index is 5.46. The van der Waals surface area contributed by atoms with Crippen LogP contribution in [0.25, 0.3) is 0 Å². The first-order valence-corrected chi connectivity index (χ1v) is 5.87. The number of benzene rings is 1. The molecule has 0 aromatic heterocycles. The van der Waals surface area contributed by atoms with E-state index in [1.54, 1.807) is 0 Å². The third-order valence-corrected chi connectivity index (χ3v) is 2.78. The maximum absolute atomic E-state index is 5.46. The number of hydrogen-bond donors (Lipinski definition) is 2. The normalized spacial score (nSPS) is 16.2. The van der Waals surface area contributed by atoms with Gasteiger partial charge in [-0.1, -0.05) is 29.8 Å². The van der Waals surface area contributed by atoms with Gasteiger partial charge in [0.25, 0.3) is 0 Å². The van der Waals surface area contributed by atoms with Gasteiger partial charge in [0.2, 0.25) is 0 Å². The summed E-state index contributed by atoms with van der Waals surface area (Å²) in [6, 6.07) is 9.11. The molecule has 0 amide bonds. The highest BCUT2D eigenvalue weighted by atomic mass is 15.3. The van der Waals surface area contributed by atoms with Gasteiger partial charge in [0, 0.05) is 6.42 Å². The molecule has 0 heterocycles. The van der Waals surface area contributed by atoms with Crippen molar-refractivity contribution in [3.05, 3.63) is 35.4 Å². The molecule has 0 atom stereocenters. The van der Waals surface area contributed by atoms with Gasteiger partial charge in [0.1, 0.15) is 5.84 Å². The molecule has 0 saturated heterocycles. The number of amidine groups is 1. The summed E-state index contributed by atoms with van der Waals surface area (Å²) < 4.78 is 0. The Labute approximate surface area is 96.7 Å². The standard InChI is InChI=1S/C13H19N3/c1-10-3-2-4-11(9-10)5-8-13(16-14)15-12-6-7-12/h2-4,9,12H,5-8,14H2,1H3,(H,15,16). The van der Waals surface area contributed by atoms with Crippen molar-refractivity contribution in [1.29, 1.82) is 0 Å². The van der Waals surface area contributed by atoms with Crippen LogP contribution in [0, 0.1) is 6.92 Å². The molecule has 1 saturated carbocycles. The van der Waals surface area contributed by atoms with Gasteiger partial charge >= 0.3 is 0 Å². The van der Waals surface area contributed by atoms with Crippen LogP contribution < -0.4 is 11.3 Å². The van der Waals surface area contributed by atoms with E-state index in [-0.39, 0.29) is 0 Å². The highest BCUT2D eigenvalue weighted by Gasteiger charge is 2.20. The molecule has 2 rings (SSSR count). The Bertz CT molecular complexity index is 381. The van der Waals surface area contributed by atoms with Gasteiger partial charge in [-0.2, -0.15) is 0 Å². The van der Waals surface area contributed by atoms with Crippen LogP contribution in [0.1, 0.15) is 30.4 Å². The highest BCUT2D eigenvalue weighted by molar-refractivity contribution is 5.82. The molecule has 1 aromatic carbocycles. The van der Waals surface area contributed by atoms with Gasteiger partial charge in [-0.3, -0.25) is 4.99 Å². The van der Waals surface area contributed by atoms with Crippen molar-refractivity contribution in [2.24, 2.45) is 10.8 Å². The molecule has 1 aliphatic rings. The summed E-state index contributed by atoms with van der Waals surface area (Å²) >= 11 is 0. The van der Waals surface area contributed by atoms with Crippen molar-refractivity contribution >= 4 is 5.84 Å². The van der Waals surface area contributed by atoms with Crippen LogP contribution in [0.2, 0.25) is 0 Å². The van der Waals surface area contributed by atoms with Gasteiger partial charge < -0.3 is 5.43 Å². The second kappa shape index (κ2) is 5.12. The number of nitrogens with one attached hydrogen (secondary N) is 1. The van der Waals surface area contributed by atoms with E-state index in [4.69, 9.17) is 5.84 Å². The summed E-state index contributed by atoms with van der Waals surface area (Å²) in [6.45, 7) is 2.11. The number of aliphatic imine (C=N–C) groups is 1. The Morgan fingerprint density at radius 1 is 1.50 bits per heavy atom. The zero-order valence-electron chi connectivity index (χ0n) is 9.74. The zero-order valence-corrected chi connectivity index (χ0v) is 9.74. The molecule has 0 spiro atoms. The first kappa shape index (κ1) is 11.1. The molecule has 16 heavy (non-hydrogen) atoms. The summed E-state index contributed by atoms with van der Waals surface area (Å²) in [7, 11) is 0. The second-order valence-corrected chi connectivity index (χ2v) is 4.44. The number of hydrogen-bond acceptors (Lipinski definition) is 2. The number of aryl methyl sites for hydroxylation is 2. The molecule has 3 nitrogen and oxygen atoms in total. The summed E-state index contributed by atoms with van der Waals surface area (Å²) in [6.07, 6.45) is 4.33. The van der Waals surface area contributed by atoms with E-state index in [2.05, 4.69) is 41.6 Å².